The van der Waals surface area contributed by atoms with Crippen LogP contribution in [0.4, 0.5) is 0 Å². The van der Waals surface area contributed by atoms with E-state index in [1.54, 1.807) is 0 Å². The summed E-state index contributed by atoms with van der Waals surface area (Å²) in [4.78, 5) is 17.4. The fraction of sp³-hybridized carbons (Fsp3) is 0.917. The molecule has 0 aromatic carbocycles. The molecule has 0 spiro atoms. The number of carbonyl (C=O) groups is 1. The predicted molar refractivity (Wildman–Crippen MR) is 68.5 cm³/mol. The number of hydrogen-bond acceptors (Lipinski definition) is 6. The molecule has 1 unspecified atom stereocenters. The van der Waals surface area contributed by atoms with Crippen LogP contribution in [-0.4, -0.2) is 46.6 Å². The van der Waals surface area contributed by atoms with Crippen molar-refractivity contribution >= 4 is 14.3 Å². The number of methoxy groups -OCH3 is 1. The number of Topliss-reactive ketones (excluding diaryl/α,β-unsaturated/α-hetero) is 1. The molecule has 0 aliphatic carbocycles. The second kappa shape index (κ2) is 5.59. The van der Waals surface area contributed by atoms with Gasteiger partial charge in [0.2, 0.25) is 12.1 Å². The fourth-order valence-electron chi connectivity index (χ4n) is 2.58. The zero-order chi connectivity index (χ0) is 14.2. The molecule has 0 amide bonds. The Morgan fingerprint density at radius 1 is 1.26 bits per heavy atom. The minimum absolute atomic E-state index is 0.222. The number of rotatable bonds is 3. The average Bonchev–Trinajstić information content (AvgIpc) is 2.55. The number of fused-ring (bicyclic) bond motifs is 1. The van der Waals surface area contributed by atoms with E-state index in [2.05, 4.69) is 27.7 Å². The smallest absolute Gasteiger partial charge is 0.380 e. The van der Waals surface area contributed by atoms with Crippen molar-refractivity contribution in [1.82, 2.24) is 0 Å². The highest BCUT2D eigenvalue weighted by atomic mass is 28.4. The van der Waals surface area contributed by atoms with Crippen LogP contribution in [0.5, 0.6) is 0 Å². The van der Waals surface area contributed by atoms with Crippen LogP contribution in [-0.2, 0) is 28.2 Å². The van der Waals surface area contributed by atoms with E-state index in [4.69, 9.17) is 23.4 Å². The van der Waals surface area contributed by atoms with Crippen LogP contribution in [0.2, 0.25) is 11.1 Å². The van der Waals surface area contributed by atoms with Gasteiger partial charge in [-0.3, -0.25) is 4.79 Å². The standard InChI is InChI=1S/C12H22O6Si/c1-7(2)19(8(3)4)15-6-9-11(17-18-19)10(13)12(14-5)16-9/h7-9,11-12H,6H2,1-5H3/t9-,11?,12-/m1/s1. The van der Waals surface area contributed by atoms with Crippen molar-refractivity contribution < 1.29 is 28.2 Å². The third-order valence-electron chi connectivity index (χ3n) is 3.73. The minimum atomic E-state index is -2.51. The Bertz CT molecular complexity index is 337. The third kappa shape index (κ3) is 2.50. The van der Waals surface area contributed by atoms with E-state index in [-0.39, 0.29) is 16.9 Å². The van der Waals surface area contributed by atoms with Gasteiger partial charge in [-0.25, -0.2) is 9.46 Å². The summed E-state index contributed by atoms with van der Waals surface area (Å²) in [5.74, 6) is -0.242. The van der Waals surface area contributed by atoms with Gasteiger partial charge < -0.3 is 13.9 Å². The van der Waals surface area contributed by atoms with Crippen LogP contribution < -0.4 is 0 Å². The number of ketones is 1. The molecule has 2 aliphatic heterocycles. The first kappa shape index (κ1) is 15.1. The second-order valence-corrected chi connectivity index (χ2v) is 9.79. The summed E-state index contributed by atoms with van der Waals surface area (Å²) in [6.07, 6.45) is -2.09. The molecule has 7 heteroatoms. The maximum absolute atomic E-state index is 12.0. The molecule has 0 N–H and O–H groups in total. The molecule has 0 radical (unpaired) electrons. The van der Waals surface area contributed by atoms with Gasteiger partial charge in [0, 0.05) is 7.11 Å². The lowest BCUT2D eigenvalue weighted by atomic mass is 10.2. The Kier molecular flexibility index (Phi) is 4.44. The van der Waals surface area contributed by atoms with Crippen molar-refractivity contribution in [3.63, 3.8) is 0 Å². The predicted octanol–water partition coefficient (Wildman–Crippen LogP) is 1.54. The highest BCUT2D eigenvalue weighted by Crippen LogP contribution is 2.38. The van der Waals surface area contributed by atoms with Crippen LogP contribution >= 0.6 is 0 Å². The molecule has 0 bridgehead atoms. The Hall–Kier alpha value is -0.313. The summed E-state index contributed by atoms with van der Waals surface area (Å²) in [7, 11) is -1.08. The van der Waals surface area contributed by atoms with E-state index in [0.717, 1.165) is 0 Å². The van der Waals surface area contributed by atoms with E-state index in [0.29, 0.717) is 6.61 Å². The summed E-state index contributed by atoms with van der Waals surface area (Å²) in [6, 6.07) is 0. The quantitative estimate of drug-likeness (QED) is 0.580. The number of hydrogen-bond donors (Lipinski definition) is 0. The Labute approximate surface area is 114 Å². The van der Waals surface area contributed by atoms with E-state index in [1.807, 2.05) is 0 Å². The van der Waals surface area contributed by atoms with E-state index in [9.17, 15) is 4.79 Å². The van der Waals surface area contributed by atoms with Crippen LogP contribution in [0.25, 0.3) is 0 Å². The monoisotopic (exact) mass is 290 g/mol. The SMILES string of the molecule is CO[C@@H]1O[C@@H]2CO[Si](C(C)C)(C(C)C)OOC2C1=O. The maximum Gasteiger partial charge on any atom is 0.380 e. The lowest BCUT2D eigenvalue weighted by Gasteiger charge is -2.34. The van der Waals surface area contributed by atoms with Gasteiger partial charge in [-0.2, -0.15) is 0 Å². The number of ether oxygens (including phenoxy) is 2. The third-order valence-corrected chi connectivity index (χ3v) is 7.92. The molecule has 0 aromatic rings. The lowest BCUT2D eigenvalue weighted by molar-refractivity contribution is -0.258. The van der Waals surface area contributed by atoms with Crippen molar-refractivity contribution in [2.24, 2.45) is 0 Å². The van der Waals surface area contributed by atoms with Gasteiger partial charge in [0.15, 0.2) is 6.10 Å². The van der Waals surface area contributed by atoms with Gasteiger partial charge in [-0.15, -0.1) is 0 Å². The molecule has 0 saturated carbocycles. The summed E-state index contributed by atoms with van der Waals surface area (Å²) >= 11 is 0. The van der Waals surface area contributed by atoms with Crippen LogP contribution in [0.15, 0.2) is 0 Å². The van der Waals surface area contributed by atoms with Gasteiger partial charge in [-0.05, 0) is 11.1 Å². The molecule has 2 fully saturated rings. The highest BCUT2D eigenvalue weighted by Gasteiger charge is 2.55. The van der Waals surface area contributed by atoms with E-state index in [1.165, 1.54) is 7.11 Å². The fourth-order valence-corrected chi connectivity index (χ4v) is 5.69. The highest BCUT2D eigenvalue weighted by molar-refractivity contribution is 6.70. The van der Waals surface area contributed by atoms with Gasteiger partial charge in [0.05, 0.1) is 6.61 Å². The van der Waals surface area contributed by atoms with Gasteiger partial charge in [-0.1, -0.05) is 27.7 Å². The molecule has 2 heterocycles. The zero-order valence-corrected chi connectivity index (χ0v) is 13.0. The molecular formula is C12H22O6Si. The summed E-state index contributed by atoms with van der Waals surface area (Å²) in [5.41, 5.74) is 0.444. The first-order valence-electron chi connectivity index (χ1n) is 6.62. The van der Waals surface area contributed by atoms with Gasteiger partial charge in [0.25, 0.3) is 0 Å². The molecule has 3 atom stereocenters. The lowest BCUT2D eigenvalue weighted by Crippen LogP contribution is -2.48. The van der Waals surface area contributed by atoms with Crippen molar-refractivity contribution in [2.45, 2.75) is 57.3 Å². The summed E-state index contributed by atoms with van der Waals surface area (Å²) in [5, 5.41) is 0. The minimum Gasteiger partial charge on any atom is -0.390 e. The molecule has 110 valence electrons. The van der Waals surface area contributed by atoms with Crippen LogP contribution in [0.3, 0.4) is 0 Å². The molecule has 19 heavy (non-hydrogen) atoms. The number of carbonyl (C=O) groups excluding carboxylic acids is 1. The van der Waals surface area contributed by atoms with Crippen molar-refractivity contribution in [3.8, 4) is 0 Å². The first-order valence-corrected chi connectivity index (χ1v) is 8.60. The topological polar surface area (TPSA) is 63.2 Å². The van der Waals surface area contributed by atoms with Crippen LogP contribution in [0, 0.1) is 0 Å². The molecule has 2 rings (SSSR count). The zero-order valence-electron chi connectivity index (χ0n) is 12.0. The maximum atomic E-state index is 12.0. The average molecular weight is 290 g/mol. The summed E-state index contributed by atoms with van der Waals surface area (Å²) in [6.45, 7) is 8.52. The van der Waals surface area contributed by atoms with E-state index < -0.39 is 27.1 Å². The molecule has 6 nitrogen and oxygen atoms in total. The first-order chi connectivity index (χ1) is 8.92. The van der Waals surface area contributed by atoms with E-state index >= 15 is 0 Å². The molecule has 0 aromatic heterocycles. The molecular weight excluding hydrogens is 268 g/mol. The Morgan fingerprint density at radius 2 is 1.89 bits per heavy atom. The van der Waals surface area contributed by atoms with Gasteiger partial charge in [0.1, 0.15) is 6.10 Å². The molecule has 2 aliphatic rings. The van der Waals surface area contributed by atoms with Crippen LogP contribution in [0.1, 0.15) is 27.7 Å². The Balaban J connectivity index is 2.15. The van der Waals surface area contributed by atoms with Crippen molar-refractivity contribution in [1.29, 1.82) is 0 Å². The van der Waals surface area contributed by atoms with Crippen molar-refractivity contribution in [2.75, 3.05) is 13.7 Å². The normalized spacial score (nSPS) is 34.7. The van der Waals surface area contributed by atoms with Crippen molar-refractivity contribution in [3.05, 3.63) is 0 Å². The molecule has 2 saturated heterocycles. The largest absolute Gasteiger partial charge is 0.390 e. The summed E-state index contributed by atoms with van der Waals surface area (Å²) < 4.78 is 22.1. The van der Waals surface area contributed by atoms with Gasteiger partial charge >= 0.3 is 8.56 Å². The second-order valence-electron chi connectivity index (χ2n) is 5.59. The Morgan fingerprint density at radius 3 is 2.42 bits per heavy atom.